The number of nitrogens with one attached hydrogen (secondary N) is 1. The number of nitrogens with zero attached hydrogens (tertiary/aromatic N) is 2. The zero-order valence-corrected chi connectivity index (χ0v) is 16.6. The first-order chi connectivity index (χ1) is 13.1. The highest BCUT2D eigenvalue weighted by molar-refractivity contribution is 6.21. The van der Waals surface area contributed by atoms with E-state index in [2.05, 4.69) is 5.32 Å². The highest BCUT2D eigenvalue weighted by Crippen LogP contribution is 2.34. The maximum Gasteiger partial charge on any atom is 0.277 e. The summed E-state index contributed by atoms with van der Waals surface area (Å²) in [4.78, 5) is 37.5. The van der Waals surface area contributed by atoms with E-state index in [-0.39, 0.29) is 17.4 Å². The first-order valence-corrected chi connectivity index (χ1v) is 9.21. The maximum absolute atomic E-state index is 13.2. The Morgan fingerprint density at radius 1 is 1.18 bits per heavy atom. The first kappa shape index (κ1) is 21.5. The molecule has 0 aliphatic carbocycles. The minimum Gasteiger partial charge on any atom is -0.306 e. The van der Waals surface area contributed by atoms with Crippen molar-refractivity contribution in [1.29, 1.82) is 0 Å². The Morgan fingerprint density at radius 3 is 2.25 bits per heavy atom. The molecule has 8 heteroatoms. The van der Waals surface area contributed by atoms with Crippen LogP contribution in [0.15, 0.2) is 36.4 Å². The number of imide groups is 1. The number of amides is 2. The average molecular weight is 386 g/mol. The molecule has 0 aliphatic heterocycles. The Hall–Kier alpha value is -2.84. The Morgan fingerprint density at radius 2 is 1.75 bits per heavy atom. The van der Waals surface area contributed by atoms with Crippen LogP contribution in [-0.4, -0.2) is 28.4 Å². The summed E-state index contributed by atoms with van der Waals surface area (Å²) in [6.45, 7) is 6.75. The third-order valence-electron chi connectivity index (χ3n) is 4.77. The normalized spacial score (nSPS) is 13.4. The van der Waals surface area contributed by atoms with Crippen molar-refractivity contribution in [3.05, 3.63) is 46.5 Å². The first-order valence-electron chi connectivity index (χ1n) is 9.21. The SMILES string of the molecule is CCC(CC)N[C@](C)(N)C(=O)N(C(C)=O)c1ccc([N+](=O)[O-])c2ccccc12. The van der Waals surface area contributed by atoms with Gasteiger partial charge in [0.2, 0.25) is 5.91 Å². The quantitative estimate of drug-likeness (QED) is 0.429. The lowest BCUT2D eigenvalue weighted by Gasteiger charge is -2.34. The topological polar surface area (TPSA) is 119 Å². The smallest absolute Gasteiger partial charge is 0.277 e. The zero-order valence-electron chi connectivity index (χ0n) is 16.6. The lowest BCUT2D eigenvalue weighted by molar-refractivity contribution is -0.383. The van der Waals surface area contributed by atoms with Crippen LogP contribution in [0.2, 0.25) is 0 Å². The molecule has 0 bridgehead atoms. The van der Waals surface area contributed by atoms with E-state index in [0.717, 1.165) is 17.7 Å². The van der Waals surface area contributed by atoms with Crippen molar-refractivity contribution in [1.82, 2.24) is 5.32 Å². The standard InChI is InChI=1S/C20H26N4O4/c1-5-14(6-2)22-20(4,21)19(26)23(13(3)25)17-11-12-18(24(27)28)16-10-8-7-9-15(16)17/h7-12,14,22H,5-6,21H2,1-4H3/t20-/m0/s1. The highest BCUT2D eigenvalue weighted by atomic mass is 16.6. The highest BCUT2D eigenvalue weighted by Gasteiger charge is 2.37. The fourth-order valence-corrected chi connectivity index (χ4v) is 3.25. The molecule has 3 N–H and O–H groups in total. The third-order valence-corrected chi connectivity index (χ3v) is 4.77. The van der Waals surface area contributed by atoms with Crippen LogP contribution in [-0.2, 0) is 9.59 Å². The van der Waals surface area contributed by atoms with Gasteiger partial charge in [0, 0.05) is 24.4 Å². The lowest BCUT2D eigenvalue weighted by atomic mass is 10.0. The molecule has 2 aromatic rings. The molecule has 8 nitrogen and oxygen atoms in total. The molecule has 0 spiro atoms. The molecule has 2 rings (SSSR count). The summed E-state index contributed by atoms with van der Waals surface area (Å²) >= 11 is 0. The van der Waals surface area contributed by atoms with Gasteiger partial charge in [-0.15, -0.1) is 0 Å². The third kappa shape index (κ3) is 4.18. The second kappa shape index (κ2) is 8.45. The van der Waals surface area contributed by atoms with E-state index in [1.165, 1.54) is 26.0 Å². The molecule has 2 amide bonds. The fraction of sp³-hybridized carbons (Fsp3) is 0.400. The van der Waals surface area contributed by atoms with Crippen LogP contribution < -0.4 is 16.0 Å². The van der Waals surface area contributed by atoms with Crippen molar-refractivity contribution in [2.45, 2.75) is 52.2 Å². The van der Waals surface area contributed by atoms with E-state index in [1.54, 1.807) is 24.3 Å². The second-order valence-corrected chi connectivity index (χ2v) is 6.93. The summed E-state index contributed by atoms with van der Waals surface area (Å²) in [5.74, 6) is -1.14. The Labute approximate surface area is 163 Å². The monoisotopic (exact) mass is 386 g/mol. The van der Waals surface area contributed by atoms with Crippen LogP contribution in [0.4, 0.5) is 11.4 Å². The predicted octanol–water partition coefficient (Wildman–Crippen LogP) is 3.08. The molecule has 0 unspecified atom stereocenters. The molecule has 28 heavy (non-hydrogen) atoms. The van der Waals surface area contributed by atoms with Crippen LogP contribution in [0.3, 0.4) is 0 Å². The van der Waals surface area contributed by atoms with Crippen molar-refractivity contribution in [3.8, 4) is 0 Å². The van der Waals surface area contributed by atoms with Gasteiger partial charge < -0.3 is 5.73 Å². The van der Waals surface area contributed by atoms with Gasteiger partial charge in [0.15, 0.2) is 0 Å². The molecule has 0 saturated heterocycles. The van der Waals surface area contributed by atoms with Gasteiger partial charge in [0.1, 0.15) is 5.66 Å². The number of rotatable bonds is 7. The minimum atomic E-state index is -1.48. The molecule has 0 aliphatic rings. The Bertz CT molecular complexity index is 906. The largest absolute Gasteiger partial charge is 0.306 e. The van der Waals surface area contributed by atoms with Crippen LogP contribution in [0.5, 0.6) is 0 Å². The number of non-ortho nitro benzene ring substituents is 1. The van der Waals surface area contributed by atoms with Gasteiger partial charge in [-0.2, -0.15) is 0 Å². The van der Waals surface area contributed by atoms with Gasteiger partial charge >= 0.3 is 0 Å². The molecule has 0 saturated carbocycles. The Kier molecular flexibility index (Phi) is 6.48. The molecule has 0 fully saturated rings. The number of fused-ring (bicyclic) bond motifs is 1. The van der Waals surface area contributed by atoms with Gasteiger partial charge in [-0.25, -0.2) is 4.90 Å². The van der Waals surface area contributed by atoms with Gasteiger partial charge in [-0.05, 0) is 31.9 Å². The summed E-state index contributed by atoms with van der Waals surface area (Å²) in [6.07, 6.45) is 1.55. The van der Waals surface area contributed by atoms with Crippen molar-refractivity contribution in [2.24, 2.45) is 5.73 Å². The Balaban J connectivity index is 2.59. The summed E-state index contributed by atoms with van der Waals surface area (Å²) < 4.78 is 0. The molecule has 1 atom stereocenters. The van der Waals surface area contributed by atoms with Gasteiger partial charge in [-0.1, -0.05) is 32.0 Å². The number of benzene rings is 2. The number of carbonyl (C=O) groups excluding carboxylic acids is 2. The number of nitro benzene ring substituents is 1. The van der Waals surface area contributed by atoms with E-state index < -0.39 is 22.4 Å². The number of nitro groups is 1. The van der Waals surface area contributed by atoms with Crippen molar-refractivity contribution >= 4 is 34.0 Å². The molecule has 0 aromatic heterocycles. The summed E-state index contributed by atoms with van der Waals surface area (Å²) in [5, 5.41) is 15.2. The van der Waals surface area contributed by atoms with Crippen molar-refractivity contribution in [3.63, 3.8) is 0 Å². The summed E-state index contributed by atoms with van der Waals surface area (Å²) in [7, 11) is 0. The number of nitrogens with two attached hydrogens (primary N) is 1. The number of hydrogen-bond donors (Lipinski definition) is 2. The second-order valence-electron chi connectivity index (χ2n) is 6.93. The number of anilines is 1. The molecule has 0 radical (unpaired) electrons. The van der Waals surface area contributed by atoms with E-state index in [0.29, 0.717) is 10.8 Å². The molecule has 150 valence electrons. The molecule has 0 heterocycles. The van der Waals surface area contributed by atoms with Crippen molar-refractivity contribution < 1.29 is 14.5 Å². The lowest BCUT2D eigenvalue weighted by Crippen LogP contribution is -2.65. The van der Waals surface area contributed by atoms with Crippen molar-refractivity contribution in [2.75, 3.05) is 4.90 Å². The number of hydrogen-bond acceptors (Lipinski definition) is 6. The molecule has 2 aromatic carbocycles. The maximum atomic E-state index is 13.2. The van der Waals surface area contributed by atoms with Gasteiger partial charge in [0.05, 0.1) is 16.0 Å². The van der Waals surface area contributed by atoms with Crippen LogP contribution >= 0.6 is 0 Å². The number of carbonyl (C=O) groups is 2. The van der Waals surface area contributed by atoms with Gasteiger partial charge in [0.25, 0.3) is 11.6 Å². The zero-order chi connectivity index (χ0) is 21.1. The average Bonchev–Trinajstić information content (AvgIpc) is 2.65. The van der Waals surface area contributed by atoms with E-state index in [9.17, 15) is 19.7 Å². The molecular weight excluding hydrogens is 360 g/mol. The summed E-state index contributed by atoms with van der Waals surface area (Å²) in [6, 6.07) is 9.31. The van der Waals surface area contributed by atoms with Crippen LogP contribution in [0.1, 0.15) is 40.5 Å². The summed E-state index contributed by atoms with van der Waals surface area (Å²) in [5.41, 5.74) is 4.94. The fourth-order valence-electron chi connectivity index (χ4n) is 3.25. The van der Waals surface area contributed by atoms with Crippen LogP contribution in [0, 0.1) is 10.1 Å². The van der Waals surface area contributed by atoms with E-state index in [4.69, 9.17) is 5.73 Å². The predicted molar refractivity (Wildman–Crippen MR) is 109 cm³/mol. The minimum absolute atomic E-state index is 0.0152. The van der Waals surface area contributed by atoms with E-state index >= 15 is 0 Å². The molecular formula is C20H26N4O4. The van der Waals surface area contributed by atoms with Gasteiger partial charge in [-0.3, -0.25) is 25.0 Å². The van der Waals surface area contributed by atoms with E-state index in [1.807, 2.05) is 13.8 Å². The van der Waals surface area contributed by atoms with Crippen LogP contribution in [0.25, 0.3) is 10.8 Å².